The van der Waals surface area contributed by atoms with Gasteiger partial charge in [0, 0.05) is 26.2 Å². The molecule has 1 amide bonds. The molecular weight excluding hydrogens is 368 g/mol. The van der Waals surface area contributed by atoms with Gasteiger partial charge in [0.25, 0.3) is 0 Å². The number of methoxy groups -OCH3 is 1. The van der Waals surface area contributed by atoms with Gasteiger partial charge in [-0.3, -0.25) is 19.7 Å². The van der Waals surface area contributed by atoms with Gasteiger partial charge < -0.3 is 10.1 Å². The van der Waals surface area contributed by atoms with Crippen LogP contribution in [0.5, 0.6) is 5.75 Å². The molecule has 1 atom stereocenters. The molecule has 0 aliphatic carbocycles. The molecule has 0 radical (unpaired) electrons. The third-order valence-corrected chi connectivity index (χ3v) is 5.30. The number of aryl methyl sites for hydroxylation is 1. The largest absolute Gasteiger partial charge is 0.497 e. The predicted molar refractivity (Wildman–Crippen MR) is 112 cm³/mol. The maximum absolute atomic E-state index is 12.7. The number of benzene rings is 1. The summed E-state index contributed by atoms with van der Waals surface area (Å²) in [7, 11) is 1.66. The summed E-state index contributed by atoms with van der Waals surface area (Å²) in [5.41, 5.74) is 1.10. The van der Waals surface area contributed by atoms with Crippen molar-refractivity contribution < 1.29 is 9.53 Å². The summed E-state index contributed by atoms with van der Waals surface area (Å²) in [6, 6.07) is 7.90. The van der Waals surface area contributed by atoms with Gasteiger partial charge in [-0.05, 0) is 30.5 Å². The second-order valence-electron chi connectivity index (χ2n) is 7.95. The molecular formula is C21H32N6O2. The zero-order valence-corrected chi connectivity index (χ0v) is 17.8. The monoisotopic (exact) mass is 400 g/mol. The molecule has 1 fully saturated rings. The molecule has 2 heterocycles. The molecule has 2 aromatic rings. The van der Waals surface area contributed by atoms with E-state index >= 15 is 0 Å². The lowest BCUT2D eigenvalue weighted by Gasteiger charge is -2.34. The fourth-order valence-corrected chi connectivity index (χ4v) is 3.63. The van der Waals surface area contributed by atoms with Gasteiger partial charge in [0.05, 0.1) is 26.2 Å². The molecule has 3 rings (SSSR count). The number of nitrogens with zero attached hydrogens (tertiary/aromatic N) is 4. The molecule has 8 heteroatoms. The summed E-state index contributed by atoms with van der Waals surface area (Å²) in [5.74, 6) is 2.85. The van der Waals surface area contributed by atoms with Crippen molar-refractivity contribution in [3.8, 4) is 5.75 Å². The Morgan fingerprint density at radius 3 is 2.38 bits per heavy atom. The number of hydrogen-bond donors (Lipinski definition) is 2. The van der Waals surface area contributed by atoms with E-state index in [9.17, 15) is 4.79 Å². The van der Waals surface area contributed by atoms with Crippen LogP contribution < -0.4 is 10.1 Å². The first kappa shape index (κ1) is 21.3. The lowest BCUT2D eigenvalue weighted by molar-refractivity contribution is -0.123. The number of carbonyl (C=O) groups is 1. The van der Waals surface area contributed by atoms with E-state index in [1.807, 2.05) is 31.2 Å². The Morgan fingerprint density at radius 1 is 1.17 bits per heavy atom. The molecule has 0 saturated carbocycles. The SMILES string of the molecule is COc1ccc([C@@H](NC(=O)CN2CCN(Cc3n[nH]c(C)n3)CC2)C(C)C)cc1. The van der Waals surface area contributed by atoms with E-state index < -0.39 is 0 Å². The van der Waals surface area contributed by atoms with Crippen LogP contribution >= 0.6 is 0 Å². The number of aromatic amines is 1. The maximum atomic E-state index is 12.7. The highest BCUT2D eigenvalue weighted by Gasteiger charge is 2.23. The minimum absolute atomic E-state index is 0.0105. The van der Waals surface area contributed by atoms with E-state index in [-0.39, 0.29) is 11.9 Å². The van der Waals surface area contributed by atoms with Crippen LogP contribution in [0.1, 0.15) is 37.1 Å². The lowest BCUT2D eigenvalue weighted by atomic mass is 9.96. The van der Waals surface area contributed by atoms with Gasteiger partial charge in [0.2, 0.25) is 5.91 Å². The van der Waals surface area contributed by atoms with E-state index in [0.717, 1.165) is 55.7 Å². The molecule has 1 saturated heterocycles. The zero-order valence-electron chi connectivity index (χ0n) is 17.8. The maximum Gasteiger partial charge on any atom is 0.234 e. The Labute approximate surface area is 172 Å². The summed E-state index contributed by atoms with van der Waals surface area (Å²) in [6.45, 7) is 10.9. The minimum Gasteiger partial charge on any atom is -0.497 e. The Kier molecular flexibility index (Phi) is 7.22. The van der Waals surface area contributed by atoms with E-state index in [2.05, 4.69) is 44.1 Å². The van der Waals surface area contributed by atoms with Crippen molar-refractivity contribution in [1.29, 1.82) is 0 Å². The lowest BCUT2D eigenvalue weighted by Crippen LogP contribution is -2.49. The fraction of sp³-hybridized carbons (Fsp3) is 0.571. The molecule has 1 aromatic carbocycles. The van der Waals surface area contributed by atoms with Crippen LogP contribution in [-0.4, -0.2) is 70.7 Å². The van der Waals surface area contributed by atoms with E-state index in [1.165, 1.54) is 0 Å². The number of ether oxygens (including phenoxy) is 1. The summed E-state index contributed by atoms with van der Waals surface area (Å²) in [6.07, 6.45) is 0. The van der Waals surface area contributed by atoms with Crippen molar-refractivity contribution in [2.45, 2.75) is 33.4 Å². The normalized spacial score (nSPS) is 16.7. The Balaban J connectivity index is 1.47. The third-order valence-electron chi connectivity index (χ3n) is 5.30. The van der Waals surface area contributed by atoms with Crippen LogP contribution in [0.4, 0.5) is 0 Å². The first-order valence-electron chi connectivity index (χ1n) is 10.2. The first-order valence-corrected chi connectivity index (χ1v) is 10.2. The number of nitrogens with one attached hydrogen (secondary N) is 2. The van der Waals surface area contributed by atoms with Crippen molar-refractivity contribution in [2.24, 2.45) is 5.92 Å². The quantitative estimate of drug-likeness (QED) is 0.702. The second-order valence-corrected chi connectivity index (χ2v) is 7.95. The molecule has 2 N–H and O–H groups in total. The van der Waals surface area contributed by atoms with Gasteiger partial charge in [-0.25, -0.2) is 4.98 Å². The Morgan fingerprint density at radius 2 is 1.83 bits per heavy atom. The van der Waals surface area contributed by atoms with Crippen molar-refractivity contribution in [1.82, 2.24) is 30.3 Å². The van der Waals surface area contributed by atoms with Gasteiger partial charge in [-0.15, -0.1) is 0 Å². The van der Waals surface area contributed by atoms with Gasteiger partial charge in [-0.2, -0.15) is 5.10 Å². The Bertz CT molecular complexity index is 781. The highest BCUT2D eigenvalue weighted by atomic mass is 16.5. The van der Waals surface area contributed by atoms with Crippen LogP contribution in [0.2, 0.25) is 0 Å². The predicted octanol–water partition coefficient (Wildman–Crippen LogP) is 1.75. The molecule has 0 unspecified atom stereocenters. The van der Waals surface area contributed by atoms with Gasteiger partial charge in [-0.1, -0.05) is 26.0 Å². The summed E-state index contributed by atoms with van der Waals surface area (Å²) >= 11 is 0. The average Bonchev–Trinajstić information content (AvgIpc) is 3.12. The molecule has 158 valence electrons. The standard InChI is InChI=1S/C21H32N6O2/c1-15(2)21(17-5-7-18(29-4)8-6-17)23-20(28)14-27-11-9-26(10-12-27)13-19-22-16(3)24-25-19/h5-8,15,21H,9-14H2,1-4H3,(H,23,28)(H,22,24,25)/t21-/m0/s1. The van der Waals surface area contributed by atoms with E-state index in [0.29, 0.717) is 12.5 Å². The average molecular weight is 401 g/mol. The molecule has 1 aliphatic rings. The van der Waals surface area contributed by atoms with Crippen LogP contribution in [-0.2, 0) is 11.3 Å². The molecule has 1 aliphatic heterocycles. The molecule has 8 nitrogen and oxygen atoms in total. The van der Waals surface area contributed by atoms with E-state index in [4.69, 9.17) is 4.74 Å². The van der Waals surface area contributed by atoms with E-state index in [1.54, 1.807) is 7.11 Å². The Hall–Kier alpha value is -2.45. The van der Waals surface area contributed by atoms with Crippen molar-refractivity contribution in [3.05, 3.63) is 41.5 Å². The van der Waals surface area contributed by atoms with Crippen LogP contribution in [0.3, 0.4) is 0 Å². The van der Waals surface area contributed by atoms with Crippen molar-refractivity contribution in [2.75, 3.05) is 39.8 Å². The first-order chi connectivity index (χ1) is 13.9. The van der Waals surface area contributed by atoms with Crippen LogP contribution in [0, 0.1) is 12.8 Å². The number of hydrogen-bond acceptors (Lipinski definition) is 6. The summed E-state index contributed by atoms with van der Waals surface area (Å²) in [4.78, 5) is 21.6. The number of piperazine rings is 1. The minimum atomic E-state index is -0.0105. The molecule has 1 aromatic heterocycles. The fourth-order valence-electron chi connectivity index (χ4n) is 3.63. The molecule has 29 heavy (non-hydrogen) atoms. The molecule has 0 bridgehead atoms. The second kappa shape index (κ2) is 9.84. The number of rotatable bonds is 8. The highest BCUT2D eigenvalue weighted by Crippen LogP contribution is 2.24. The summed E-state index contributed by atoms with van der Waals surface area (Å²) < 4.78 is 5.23. The van der Waals surface area contributed by atoms with Crippen molar-refractivity contribution in [3.63, 3.8) is 0 Å². The smallest absolute Gasteiger partial charge is 0.234 e. The zero-order chi connectivity index (χ0) is 20.8. The number of amides is 1. The third kappa shape index (κ3) is 6.01. The van der Waals surface area contributed by atoms with Gasteiger partial charge in [0.15, 0.2) is 5.82 Å². The number of H-pyrrole nitrogens is 1. The van der Waals surface area contributed by atoms with Crippen molar-refractivity contribution >= 4 is 5.91 Å². The van der Waals surface area contributed by atoms with Gasteiger partial charge >= 0.3 is 0 Å². The topological polar surface area (TPSA) is 86.4 Å². The van der Waals surface area contributed by atoms with Gasteiger partial charge in [0.1, 0.15) is 11.6 Å². The summed E-state index contributed by atoms with van der Waals surface area (Å²) in [5, 5.41) is 10.3. The van der Waals surface area contributed by atoms with Crippen LogP contribution in [0.15, 0.2) is 24.3 Å². The number of carbonyl (C=O) groups excluding carboxylic acids is 1. The van der Waals surface area contributed by atoms with Crippen LogP contribution in [0.25, 0.3) is 0 Å². The number of aromatic nitrogens is 3. The highest BCUT2D eigenvalue weighted by molar-refractivity contribution is 5.78. The molecule has 0 spiro atoms.